The van der Waals surface area contributed by atoms with Crippen LogP contribution >= 0.6 is 0 Å². The number of hydrogen-bond acceptors (Lipinski definition) is 4. The molecule has 1 aromatic rings. The number of nitrogens with one attached hydrogen (secondary N) is 2. The second kappa shape index (κ2) is 7.88. The van der Waals surface area contributed by atoms with Gasteiger partial charge in [-0.1, -0.05) is 13.8 Å². The van der Waals surface area contributed by atoms with Gasteiger partial charge < -0.3 is 16.4 Å². The first-order valence-corrected chi connectivity index (χ1v) is 8.17. The Morgan fingerprint density at radius 2 is 2.00 bits per heavy atom. The fraction of sp³-hybridized carbons (Fsp3) is 0.529. The van der Waals surface area contributed by atoms with Crippen molar-refractivity contribution in [1.82, 2.24) is 10.2 Å². The lowest BCUT2D eigenvalue weighted by molar-refractivity contribution is -0.125. The maximum Gasteiger partial charge on any atom is 0.243 e. The van der Waals surface area contributed by atoms with E-state index in [2.05, 4.69) is 24.5 Å². The molecule has 25 heavy (non-hydrogen) atoms. The van der Waals surface area contributed by atoms with Crippen molar-refractivity contribution in [1.29, 1.82) is 0 Å². The number of piperidine rings is 1. The Labute approximate surface area is 145 Å². The number of rotatable bonds is 5. The van der Waals surface area contributed by atoms with E-state index in [1.54, 1.807) is 0 Å². The van der Waals surface area contributed by atoms with Crippen molar-refractivity contribution >= 4 is 17.5 Å². The van der Waals surface area contributed by atoms with Crippen LogP contribution in [0, 0.1) is 17.0 Å². The summed E-state index contributed by atoms with van der Waals surface area (Å²) in [5.74, 6) is -2.82. The van der Waals surface area contributed by atoms with E-state index < -0.39 is 17.5 Å². The Hall–Kier alpha value is -2.06. The highest BCUT2D eigenvalue weighted by molar-refractivity contribution is 5.94. The molecule has 1 heterocycles. The topological polar surface area (TPSA) is 87.5 Å². The normalized spacial score (nSPS) is 20.1. The third-order valence-electron chi connectivity index (χ3n) is 4.41. The molecule has 2 rings (SSSR count). The van der Waals surface area contributed by atoms with Gasteiger partial charge in [-0.3, -0.25) is 14.5 Å². The molecule has 1 aliphatic rings. The molecular formula is C17H24F2N4O2. The molecule has 1 aromatic carbocycles. The molecule has 1 aliphatic heterocycles. The Bertz CT molecular complexity index is 652. The van der Waals surface area contributed by atoms with Crippen LogP contribution in [0.4, 0.5) is 14.5 Å². The van der Waals surface area contributed by atoms with E-state index in [4.69, 9.17) is 5.73 Å². The van der Waals surface area contributed by atoms with Gasteiger partial charge in [0.05, 0.1) is 13.1 Å². The summed E-state index contributed by atoms with van der Waals surface area (Å²) < 4.78 is 25.9. The summed E-state index contributed by atoms with van der Waals surface area (Å²) in [7, 11) is 0. The van der Waals surface area contributed by atoms with Gasteiger partial charge >= 0.3 is 0 Å². The molecule has 0 radical (unpaired) electrons. The monoisotopic (exact) mass is 354 g/mol. The van der Waals surface area contributed by atoms with Crippen molar-refractivity contribution in [2.75, 3.05) is 31.5 Å². The minimum Gasteiger partial charge on any atom is -0.346 e. The highest BCUT2D eigenvalue weighted by Crippen LogP contribution is 2.27. The van der Waals surface area contributed by atoms with Crippen LogP contribution in [-0.2, 0) is 9.59 Å². The first kappa shape index (κ1) is 19.3. The van der Waals surface area contributed by atoms with Crippen LogP contribution in [0.15, 0.2) is 18.2 Å². The molecule has 8 heteroatoms. The van der Waals surface area contributed by atoms with E-state index in [-0.39, 0.29) is 36.1 Å². The zero-order valence-corrected chi connectivity index (χ0v) is 14.4. The number of amides is 2. The molecule has 1 saturated heterocycles. The molecule has 4 N–H and O–H groups in total. The summed E-state index contributed by atoms with van der Waals surface area (Å²) in [6.45, 7) is 5.53. The summed E-state index contributed by atoms with van der Waals surface area (Å²) >= 11 is 0. The van der Waals surface area contributed by atoms with Crippen LogP contribution < -0.4 is 16.4 Å². The SMILES string of the molecule is CC1(C)CN(CC(=O)NCC(=O)Nc2ccc(F)c(F)c2)CCC1N. The second-order valence-corrected chi connectivity index (χ2v) is 7.05. The van der Waals surface area contributed by atoms with Gasteiger partial charge in [0.15, 0.2) is 11.6 Å². The molecular weight excluding hydrogens is 330 g/mol. The second-order valence-electron chi connectivity index (χ2n) is 7.05. The molecule has 0 bridgehead atoms. The van der Waals surface area contributed by atoms with Crippen molar-refractivity contribution in [3.8, 4) is 0 Å². The number of carbonyl (C=O) groups is 2. The van der Waals surface area contributed by atoms with Crippen LogP contribution in [0.3, 0.4) is 0 Å². The number of halogens is 2. The molecule has 1 atom stereocenters. The predicted molar refractivity (Wildman–Crippen MR) is 90.8 cm³/mol. The standard InChI is InChI=1S/C17H24F2N4O2/c1-17(2)10-23(6-5-14(17)20)9-16(25)21-8-15(24)22-11-3-4-12(18)13(19)7-11/h3-4,7,14H,5-6,8-10,20H2,1-2H3,(H,21,25)(H,22,24). The number of hydrogen-bond donors (Lipinski definition) is 3. The Balaban J connectivity index is 1.76. The first-order chi connectivity index (χ1) is 11.7. The third kappa shape index (κ3) is 5.47. The van der Waals surface area contributed by atoms with Gasteiger partial charge in [0.25, 0.3) is 0 Å². The van der Waals surface area contributed by atoms with Crippen LogP contribution in [0.2, 0.25) is 0 Å². The lowest BCUT2D eigenvalue weighted by atomic mass is 9.80. The lowest BCUT2D eigenvalue weighted by Gasteiger charge is -2.42. The van der Waals surface area contributed by atoms with Crippen LogP contribution in [0.25, 0.3) is 0 Å². The Kier molecular flexibility index (Phi) is 6.07. The van der Waals surface area contributed by atoms with Crippen molar-refractivity contribution < 1.29 is 18.4 Å². The summed E-state index contributed by atoms with van der Waals surface area (Å²) in [5, 5.41) is 4.92. The van der Waals surface area contributed by atoms with Gasteiger partial charge in [-0.2, -0.15) is 0 Å². The van der Waals surface area contributed by atoms with E-state index in [1.165, 1.54) is 6.07 Å². The van der Waals surface area contributed by atoms with Gasteiger partial charge in [0.1, 0.15) is 0 Å². The van der Waals surface area contributed by atoms with E-state index in [9.17, 15) is 18.4 Å². The highest BCUT2D eigenvalue weighted by Gasteiger charge is 2.33. The van der Waals surface area contributed by atoms with E-state index >= 15 is 0 Å². The summed E-state index contributed by atoms with van der Waals surface area (Å²) in [6.07, 6.45) is 0.816. The molecule has 1 fully saturated rings. The van der Waals surface area contributed by atoms with Gasteiger partial charge in [-0.25, -0.2) is 8.78 Å². The van der Waals surface area contributed by atoms with E-state index in [1.807, 2.05) is 4.90 Å². The first-order valence-electron chi connectivity index (χ1n) is 8.17. The fourth-order valence-electron chi connectivity index (χ4n) is 2.84. The molecule has 0 spiro atoms. The maximum atomic E-state index is 13.1. The number of carbonyl (C=O) groups excluding carboxylic acids is 2. The summed E-state index contributed by atoms with van der Waals surface area (Å²) in [4.78, 5) is 25.8. The molecule has 6 nitrogen and oxygen atoms in total. The number of likely N-dealkylation sites (tertiary alicyclic amines) is 1. The van der Waals surface area contributed by atoms with Crippen LogP contribution in [0.1, 0.15) is 20.3 Å². The average Bonchev–Trinajstić information content (AvgIpc) is 2.52. The van der Waals surface area contributed by atoms with Crippen molar-refractivity contribution in [3.63, 3.8) is 0 Å². The molecule has 0 aromatic heterocycles. The van der Waals surface area contributed by atoms with Crippen LogP contribution in [0.5, 0.6) is 0 Å². The predicted octanol–water partition coefficient (Wildman–Crippen LogP) is 1.08. The smallest absolute Gasteiger partial charge is 0.243 e. The van der Waals surface area contributed by atoms with E-state index in [0.29, 0.717) is 6.54 Å². The zero-order valence-electron chi connectivity index (χ0n) is 14.4. The third-order valence-corrected chi connectivity index (χ3v) is 4.41. The van der Waals surface area contributed by atoms with Crippen molar-refractivity contribution in [2.24, 2.45) is 11.1 Å². The fourth-order valence-corrected chi connectivity index (χ4v) is 2.84. The minimum atomic E-state index is -1.05. The Morgan fingerprint density at radius 3 is 2.64 bits per heavy atom. The molecule has 0 aliphatic carbocycles. The quantitative estimate of drug-likeness (QED) is 0.738. The van der Waals surface area contributed by atoms with Gasteiger partial charge in [0.2, 0.25) is 11.8 Å². The van der Waals surface area contributed by atoms with Crippen molar-refractivity contribution in [3.05, 3.63) is 29.8 Å². The molecule has 2 amide bonds. The average molecular weight is 354 g/mol. The van der Waals surface area contributed by atoms with Gasteiger partial charge in [0, 0.05) is 30.9 Å². The zero-order chi connectivity index (χ0) is 18.6. The lowest BCUT2D eigenvalue weighted by Crippen LogP contribution is -2.54. The summed E-state index contributed by atoms with van der Waals surface area (Å²) in [5.41, 5.74) is 6.13. The number of benzene rings is 1. The number of anilines is 1. The van der Waals surface area contributed by atoms with Crippen LogP contribution in [-0.4, -0.2) is 48.9 Å². The molecule has 1 unspecified atom stereocenters. The largest absolute Gasteiger partial charge is 0.346 e. The van der Waals surface area contributed by atoms with Gasteiger partial charge in [-0.05, 0) is 24.0 Å². The van der Waals surface area contributed by atoms with E-state index in [0.717, 1.165) is 25.1 Å². The maximum absolute atomic E-state index is 13.1. The number of nitrogens with two attached hydrogens (primary N) is 1. The summed E-state index contributed by atoms with van der Waals surface area (Å²) in [6, 6.07) is 3.16. The van der Waals surface area contributed by atoms with Gasteiger partial charge in [-0.15, -0.1) is 0 Å². The minimum absolute atomic E-state index is 0.0669. The molecule has 138 valence electrons. The highest BCUT2D eigenvalue weighted by atomic mass is 19.2. The number of nitrogens with zero attached hydrogens (tertiary/aromatic N) is 1. The van der Waals surface area contributed by atoms with Crippen molar-refractivity contribution in [2.45, 2.75) is 26.3 Å². The Morgan fingerprint density at radius 1 is 1.28 bits per heavy atom. The molecule has 0 saturated carbocycles.